The van der Waals surface area contributed by atoms with Crippen LogP contribution in [0.5, 0.6) is 0 Å². The first kappa shape index (κ1) is 13.5. The minimum absolute atomic E-state index is 0.0415. The number of hydrogen-bond donors (Lipinski definition) is 2. The van der Waals surface area contributed by atoms with Gasteiger partial charge in [-0.1, -0.05) is 12.1 Å². The number of amides is 1. The molecule has 0 radical (unpaired) electrons. The largest absolute Gasteiger partial charge is 0.371 e. The molecule has 0 saturated heterocycles. The van der Waals surface area contributed by atoms with E-state index < -0.39 is 11.7 Å². The summed E-state index contributed by atoms with van der Waals surface area (Å²) in [6, 6.07) is 8.45. The summed E-state index contributed by atoms with van der Waals surface area (Å²) in [7, 11) is 1.54. The van der Waals surface area contributed by atoms with Gasteiger partial charge in [-0.2, -0.15) is 0 Å². The molecule has 2 rings (SSSR count). The van der Waals surface area contributed by atoms with Gasteiger partial charge in [0.15, 0.2) is 11.6 Å². The second kappa shape index (κ2) is 5.79. The van der Waals surface area contributed by atoms with Gasteiger partial charge >= 0.3 is 0 Å². The molecule has 98 valence electrons. The van der Waals surface area contributed by atoms with Crippen molar-refractivity contribution < 1.29 is 9.18 Å². The van der Waals surface area contributed by atoms with Crippen molar-refractivity contribution in [1.29, 1.82) is 0 Å². The monoisotopic (exact) mass is 323 g/mol. The first-order valence-electron chi connectivity index (χ1n) is 5.51. The third kappa shape index (κ3) is 2.90. The highest BCUT2D eigenvalue weighted by atomic mass is 79.9. The van der Waals surface area contributed by atoms with Gasteiger partial charge in [-0.25, -0.2) is 9.37 Å². The van der Waals surface area contributed by atoms with Gasteiger partial charge in [-0.15, -0.1) is 0 Å². The molecule has 1 heterocycles. The van der Waals surface area contributed by atoms with E-state index in [0.29, 0.717) is 5.69 Å². The Morgan fingerprint density at radius 3 is 2.74 bits per heavy atom. The molecule has 0 spiro atoms. The average Bonchev–Trinajstić information content (AvgIpc) is 2.41. The molecule has 0 bridgehead atoms. The van der Waals surface area contributed by atoms with Crippen molar-refractivity contribution in [2.75, 3.05) is 17.7 Å². The Hall–Kier alpha value is -1.95. The van der Waals surface area contributed by atoms with Crippen molar-refractivity contribution in [3.63, 3.8) is 0 Å². The molecule has 2 N–H and O–H groups in total. The lowest BCUT2D eigenvalue weighted by Crippen LogP contribution is -2.15. The van der Waals surface area contributed by atoms with Gasteiger partial charge in [-0.3, -0.25) is 4.79 Å². The van der Waals surface area contributed by atoms with Gasteiger partial charge in [0.1, 0.15) is 0 Å². The Morgan fingerprint density at radius 1 is 1.32 bits per heavy atom. The maximum absolute atomic E-state index is 13.9. The Labute approximate surface area is 118 Å². The summed E-state index contributed by atoms with van der Waals surface area (Å²) < 4.78 is 14.7. The topological polar surface area (TPSA) is 54.0 Å². The molecule has 0 saturated carbocycles. The highest BCUT2D eigenvalue weighted by Gasteiger charge is 2.16. The predicted molar refractivity (Wildman–Crippen MR) is 75.8 cm³/mol. The summed E-state index contributed by atoms with van der Waals surface area (Å²) in [6.45, 7) is 0. The number of benzene rings is 1. The molecule has 0 fully saturated rings. The maximum atomic E-state index is 13.9. The highest BCUT2D eigenvalue weighted by Crippen LogP contribution is 2.23. The van der Waals surface area contributed by atoms with Crippen molar-refractivity contribution >= 4 is 33.3 Å². The number of carbonyl (C=O) groups excluding carboxylic acids is 1. The van der Waals surface area contributed by atoms with Crippen LogP contribution in [-0.4, -0.2) is 17.9 Å². The lowest BCUT2D eigenvalue weighted by molar-refractivity contribution is 0.102. The standard InChI is InChI=1S/C13H11BrFN3O/c1-16-12-11(15)8(6-7-17-12)13(19)18-10-5-3-2-4-9(10)14/h2-7H,1H3,(H,16,17)(H,18,19). The number of para-hydroxylation sites is 1. The summed E-state index contributed by atoms with van der Waals surface area (Å²) in [5, 5.41) is 5.23. The number of pyridine rings is 1. The van der Waals surface area contributed by atoms with E-state index >= 15 is 0 Å². The van der Waals surface area contributed by atoms with Gasteiger partial charge in [0.25, 0.3) is 5.91 Å². The Bertz CT molecular complexity index is 619. The van der Waals surface area contributed by atoms with E-state index in [1.807, 2.05) is 6.07 Å². The number of rotatable bonds is 3. The molecule has 0 aliphatic rings. The highest BCUT2D eigenvalue weighted by molar-refractivity contribution is 9.10. The van der Waals surface area contributed by atoms with Crippen LogP contribution >= 0.6 is 15.9 Å². The van der Waals surface area contributed by atoms with Crippen LogP contribution in [0.3, 0.4) is 0 Å². The zero-order chi connectivity index (χ0) is 13.8. The number of hydrogen-bond acceptors (Lipinski definition) is 3. The summed E-state index contributed by atoms with van der Waals surface area (Å²) in [4.78, 5) is 15.8. The molecule has 2 aromatic rings. The van der Waals surface area contributed by atoms with E-state index in [1.165, 1.54) is 12.3 Å². The Kier molecular flexibility index (Phi) is 4.11. The number of halogens is 2. The van der Waals surface area contributed by atoms with Crippen LogP contribution in [0.25, 0.3) is 0 Å². The summed E-state index contributed by atoms with van der Waals surface area (Å²) >= 11 is 3.31. The van der Waals surface area contributed by atoms with Crippen LogP contribution in [0.4, 0.5) is 15.9 Å². The first-order chi connectivity index (χ1) is 9.13. The molecule has 0 unspecified atom stereocenters. The minimum atomic E-state index is -0.672. The molecular formula is C13H11BrFN3O. The van der Waals surface area contributed by atoms with E-state index in [-0.39, 0.29) is 11.4 Å². The van der Waals surface area contributed by atoms with Crippen molar-refractivity contribution in [2.45, 2.75) is 0 Å². The predicted octanol–water partition coefficient (Wildman–Crippen LogP) is 3.28. The smallest absolute Gasteiger partial charge is 0.258 e. The molecule has 1 aromatic heterocycles. The van der Waals surface area contributed by atoms with Gasteiger partial charge in [0.05, 0.1) is 11.3 Å². The molecule has 0 aliphatic carbocycles. The first-order valence-corrected chi connectivity index (χ1v) is 6.31. The maximum Gasteiger partial charge on any atom is 0.258 e. The van der Waals surface area contributed by atoms with Gasteiger partial charge in [-0.05, 0) is 34.1 Å². The van der Waals surface area contributed by atoms with Crippen molar-refractivity contribution in [2.24, 2.45) is 0 Å². The van der Waals surface area contributed by atoms with E-state index in [9.17, 15) is 9.18 Å². The van der Waals surface area contributed by atoms with Crippen LogP contribution in [0, 0.1) is 5.82 Å². The number of aromatic nitrogens is 1. The lowest BCUT2D eigenvalue weighted by atomic mass is 10.2. The third-order valence-corrected chi connectivity index (χ3v) is 3.18. The zero-order valence-electron chi connectivity index (χ0n) is 10.1. The molecule has 4 nitrogen and oxygen atoms in total. The molecule has 1 amide bonds. The third-order valence-electron chi connectivity index (χ3n) is 2.49. The van der Waals surface area contributed by atoms with Crippen molar-refractivity contribution in [3.05, 3.63) is 52.4 Å². The number of nitrogens with zero attached hydrogens (tertiary/aromatic N) is 1. The molecular weight excluding hydrogens is 313 g/mol. The summed E-state index contributed by atoms with van der Waals surface area (Å²) in [5.41, 5.74) is 0.518. The van der Waals surface area contributed by atoms with Gasteiger partial charge in [0, 0.05) is 17.7 Å². The van der Waals surface area contributed by atoms with Crippen molar-refractivity contribution in [3.8, 4) is 0 Å². The summed E-state index contributed by atoms with van der Waals surface area (Å²) in [5.74, 6) is -1.15. The second-order valence-electron chi connectivity index (χ2n) is 3.71. The van der Waals surface area contributed by atoms with Crippen LogP contribution in [0.2, 0.25) is 0 Å². The number of carbonyl (C=O) groups is 1. The van der Waals surface area contributed by atoms with Crippen LogP contribution in [0.1, 0.15) is 10.4 Å². The fraction of sp³-hybridized carbons (Fsp3) is 0.0769. The molecule has 0 atom stereocenters. The molecule has 6 heteroatoms. The lowest BCUT2D eigenvalue weighted by Gasteiger charge is -2.09. The SMILES string of the molecule is CNc1nccc(C(=O)Nc2ccccc2Br)c1F. The quantitative estimate of drug-likeness (QED) is 0.911. The van der Waals surface area contributed by atoms with Crippen LogP contribution < -0.4 is 10.6 Å². The number of anilines is 2. The Morgan fingerprint density at radius 2 is 2.05 bits per heavy atom. The van der Waals surface area contributed by atoms with Crippen molar-refractivity contribution in [1.82, 2.24) is 4.98 Å². The van der Waals surface area contributed by atoms with Gasteiger partial charge in [0.2, 0.25) is 0 Å². The van der Waals surface area contributed by atoms with Crippen LogP contribution in [-0.2, 0) is 0 Å². The molecule has 0 aliphatic heterocycles. The van der Waals surface area contributed by atoms with E-state index in [0.717, 1.165) is 4.47 Å². The fourth-order valence-electron chi connectivity index (χ4n) is 1.55. The van der Waals surface area contributed by atoms with E-state index in [2.05, 4.69) is 31.5 Å². The summed E-state index contributed by atoms with van der Waals surface area (Å²) in [6.07, 6.45) is 1.38. The zero-order valence-corrected chi connectivity index (χ0v) is 11.7. The number of nitrogens with one attached hydrogen (secondary N) is 2. The van der Waals surface area contributed by atoms with E-state index in [1.54, 1.807) is 25.2 Å². The average molecular weight is 324 g/mol. The normalized spacial score (nSPS) is 10.1. The molecule has 1 aromatic carbocycles. The second-order valence-corrected chi connectivity index (χ2v) is 4.56. The Balaban J connectivity index is 2.28. The van der Waals surface area contributed by atoms with Gasteiger partial charge < -0.3 is 10.6 Å². The molecule has 19 heavy (non-hydrogen) atoms. The van der Waals surface area contributed by atoms with E-state index in [4.69, 9.17) is 0 Å². The fourth-order valence-corrected chi connectivity index (χ4v) is 1.93. The van der Waals surface area contributed by atoms with Crippen LogP contribution in [0.15, 0.2) is 41.0 Å². The minimum Gasteiger partial charge on any atom is -0.371 e.